The minimum atomic E-state index is 0.0654. The second kappa shape index (κ2) is 4.07. The molecule has 1 aliphatic rings. The summed E-state index contributed by atoms with van der Waals surface area (Å²) in [5, 5.41) is 0. The predicted molar refractivity (Wildman–Crippen MR) is 68.3 cm³/mol. The zero-order valence-corrected chi connectivity index (χ0v) is 10.1. The van der Waals surface area contributed by atoms with Gasteiger partial charge in [0.15, 0.2) is 5.58 Å². The number of hydrogen-bond acceptors (Lipinski definition) is 4. The topological polar surface area (TPSA) is 46.3 Å². The number of oxazole rings is 1. The molecule has 17 heavy (non-hydrogen) atoms. The normalized spacial score (nSPS) is 20.4. The van der Waals surface area contributed by atoms with Gasteiger partial charge in [0.1, 0.15) is 5.52 Å². The van der Waals surface area contributed by atoms with Gasteiger partial charge in [-0.15, -0.1) is 0 Å². The summed E-state index contributed by atoms with van der Waals surface area (Å²) in [5.41, 5.74) is 1.49. The van der Waals surface area contributed by atoms with E-state index in [-0.39, 0.29) is 5.91 Å². The van der Waals surface area contributed by atoms with Crippen molar-refractivity contribution >= 4 is 35.7 Å². The molecule has 0 N–H and O–H groups in total. The lowest BCUT2D eigenvalue weighted by Crippen LogP contribution is -2.24. The molecule has 2 aromatic rings. The number of thiol groups is 1. The molecular formula is C12H12N2O2S. The van der Waals surface area contributed by atoms with E-state index in [1.807, 2.05) is 24.3 Å². The summed E-state index contributed by atoms with van der Waals surface area (Å²) in [6.07, 6.45) is 0.530. The van der Waals surface area contributed by atoms with Crippen LogP contribution in [0.4, 0.5) is 6.01 Å². The van der Waals surface area contributed by atoms with Gasteiger partial charge in [-0.2, -0.15) is 17.6 Å². The van der Waals surface area contributed by atoms with Gasteiger partial charge in [0, 0.05) is 13.0 Å². The summed E-state index contributed by atoms with van der Waals surface area (Å²) < 4.78 is 5.58. The molecule has 1 aromatic carbocycles. The van der Waals surface area contributed by atoms with Crippen molar-refractivity contribution in [1.29, 1.82) is 0 Å². The van der Waals surface area contributed by atoms with Crippen LogP contribution in [0.1, 0.15) is 6.42 Å². The fourth-order valence-electron chi connectivity index (χ4n) is 2.06. The minimum Gasteiger partial charge on any atom is -0.423 e. The second-order valence-corrected chi connectivity index (χ2v) is 4.59. The van der Waals surface area contributed by atoms with E-state index in [0.717, 1.165) is 5.52 Å². The standard InChI is InChI=1S/C12H12N2O2S/c15-11-5-8(7-17)6-14(11)12-13-9-3-1-2-4-10(9)16-12/h1-4,8,17H,5-7H2. The van der Waals surface area contributed by atoms with E-state index in [9.17, 15) is 4.79 Å². The summed E-state index contributed by atoms with van der Waals surface area (Å²) in [6, 6.07) is 7.92. The molecule has 1 unspecified atom stereocenters. The number of para-hydroxylation sites is 2. The van der Waals surface area contributed by atoms with Crippen molar-refractivity contribution in [2.45, 2.75) is 6.42 Å². The highest BCUT2D eigenvalue weighted by molar-refractivity contribution is 7.80. The molecular weight excluding hydrogens is 236 g/mol. The lowest BCUT2D eigenvalue weighted by Gasteiger charge is -2.10. The third-order valence-corrected chi connectivity index (χ3v) is 3.49. The Kier molecular flexibility index (Phi) is 2.55. The summed E-state index contributed by atoms with van der Waals surface area (Å²) >= 11 is 4.23. The lowest BCUT2D eigenvalue weighted by molar-refractivity contribution is -0.117. The van der Waals surface area contributed by atoms with Crippen molar-refractivity contribution in [3.63, 3.8) is 0 Å². The molecule has 0 aliphatic carbocycles. The van der Waals surface area contributed by atoms with Crippen LogP contribution < -0.4 is 4.90 Å². The Morgan fingerprint density at radius 2 is 2.29 bits per heavy atom. The van der Waals surface area contributed by atoms with E-state index in [1.165, 1.54) is 0 Å². The lowest BCUT2D eigenvalue weighted by atomic mass is 10.1. The summed E-state index contributed by atoms with van der Waals surface area (Å²) in [5.74, 6) is 1.07. The number of fused-ring (bicyclic) bond motifs is 1. The Morgan fingerprint density at radius 1 is 1.47 bits per heavy atom. The monoisotopic (exact) mass is 248 g/mol. The largest absolute Gasteiger partial charge is 0.423 e. The van der Waals surface area contributed by atoms with Crippen molar-refractivity contribution in [1.82, 2.24) is 4.98 Å². The number of aromatic nitrogens is 1. The Balaban J connectivity index is 1.96. The average molecular weight is 248 g/mol. The van der Waals surface area contributed by atoms with Crippen LogP contribution in [0.2, 0.25) is 0 Å². The van der Waals surface area contributed by atoms with E-state index >= 15 is 0 Å². The first-order chi connectivity index (χ1) is 8.28. The molecule has 0 spiro atoms. The number of benzene rings is 1. The van der Waals surface area contributed by atoms with Crippen LogP contribution in [0, 0.1) is 5.92 Å². The molecule has 3 rings (SSSR count). The maximum absolute atomic E-state index is 11.8. The van der Waals surface area contributed by atoms with Gasteiger partial charge in [-0.25, -0.2) is 0 Å². The van der Waals surface area contributed by atoms with E-state index in [0.29, 0.717) is 36.2 Å². The Hall–Kier alpha value is -1.49. The van der Waals surface area contributed by atoms with Gasteiger partial charge in [-0.1, -0.05) is 12.1 Å². The summed E-state index contributed by atoms with van der Waals surface area (Å²) in [7, 11) is 0. The molecule has 1 aliphatic heterocycles. The number of amides is 1. The van der Waals surface area contributed by atoms with Gasteiger partial charge in [0.2, 0.25) is 5.91 Å². The van der Waals surface area contributed by atoms with Crippen LogP contribution in [-0.4, -0.2) is 23.2 Å². The number of nitrogens with zero attached hydrogens (tertiary/aromatic N) is 2. The van der Waals surface area contributed by atoms with Gasteiger partial charge in [-0.3, -0.25) is 9.69 Å². The van der Waals surface area contributed by atoms with Crippen LogP contribution in [0.15, 0.2) is 28.7 Å². The molecule has 88 valence electrons. The van der Waals surface area contributed by atoms with Gasteiger partial charge in [0.05, 0.1) is 0 Å². The molecule has 0 saturated carbocycles. The van der Waals surface area contributed by atoms with Gasteiger partial charge in [0.25, 0.3) is 0 Å². The van der Waals surface area contributed by atoms with E-state index < -0.39 is 0 Å². The number of anilines is 1. The zero-order valence-electron chi connectivity index (χ0n) is 9.17. The van der Waals surface area contributed by atoms with Gasteiger partial charge < -0.3 is 4.42 Å². The molecule has 0 bridgehead atoms. The van der Waals surface area contributed by atoms with E-state index in [1.54, 1.807) is 4.90 Å². The van der Waals surface area contributed by atoms with Crippen LogP contribution in [-0.2, 0) is 4.79 Å². The van der Waals surface area contributed by atoms with E-state index in [2.05, 4.69) is 17.6 Å². The SMILES string of the molecule is O=C1CC(CS)CN1c1nc2ccccc2o1. The zero-order chi connectivity index (χ0) is 11.8. The molecule has 1 saturated heterocycles. The number of carbonyl (C=O) groups is 1. The third kappa shape index (κ3) is 1.80. The number of hydrogen-bond donors (Lipinski definition) is 1. The van der Waals surface area contributed by atoms with Crippen molar-refractivity contribution in [2.24, 2.45) is 5.92 Å². The van der Waals surface area contributed by atoms with Crippen LogP contribution in [0.25, 0.3) is 11.1 Å². The first-order valence-electron chi connectivity index (χ1n) is 5.54. The Labute approximate surface area is 104 Å². The molecule has 1 fully saturated rings. The fraction of sp³-hybridized carbons (Fsp3) is 0.333. The first-order valence-corrected chi connectivity index (χ1v) is 6.18. The predicted octanol–water partition coefficient (Wildman–Crippen LogP) is 2.11. The second-order valence-electron chi connectivity index (χ2n) is 4.22. The highest BCUT2D eigenvalue weighted by Crippen LogP contribution is 2.27. The smallest absolute Gasteiger partial charge is 0.305 e. The highest BCUT2D eigenvalue weighted by atomic mass is 32.1. The molecule has 1 atom stereocenters. The average Bonchev–Trinajstić information content (AvgIpc) is 2.91. The molecule has 5 heteroatoms. The van der Waals surface area contributed by atoms with Crippen LogP contribution in [0.5, 0.6) is 0 Å². The maximum Gasteiger partial charge on any atom is 0.305 e. The molecule has 1 amide bonds. The molecule has 0 radical (unpaired) electrons. The summed E-state index contributed by atoms with van der Waals surface area (Å²) in [4.78, 5) is 17.8. The van der Waals surface area contributed by atoms with Gasteiger partial charge >= 0.3 is 6.01 Å². The van der Waals surface area contributed by atoms with Crippen LogP contribution in [0.3, 0.4) is 0 Å². The number of rotatable bonds is 2. The third-order valence-electron chi connectivity index (χ3n) is 2.98. The molecule has 1 aromatic heterocycles. The van der Waals surface area contributed by atoms with Crippen LogP contribution >= 0.6 is 12.6 Å². The van der Waals surface area contributed by atoms with Crippen molar-refractivity contribution in [3.8, 4) is 0 Å². The highest BCUT2D eigenvalue weighted by Gasteiger charge is 2.32. The quantitative estimate of drug-likeness (QED) is 0.828. The van der Waals surface area contributed by atoms with Gasteiger partial charge in [-0.05, 0) is 23.8 Å². The molecule has 2 heterocycles. The summed E-state index contributed by atoms with van der Waals surface area (Å²) in [6.45, 7) is 0.648. The van der Waals surface area contributed by atoms with E-state index in [4.69, 9.17) is 4.42 Å². The maximum atomic E-state index is 11.8. The minimum absolute atomic E-state index is 0.0654. The fourth-order valence-corrected chi connectivity index (χ4v) is 2.31. The Morgan fingerprint density at radius 3 is 3.00 bits per heavy atom. The van der Waals surface area contributed by atoms with Crippen molar-refractivity contribution in [2.75, 3.05) is 17.2 Å². The Bertz CT molecular complexity index is 533. The van der Waals surface area contributed by atoms with Crippen molar-refractivity contribution in [3.05, 3.63) is 24.3 Å². The number of carbonyl (C=O) groups excluding carboxylic acids is 1. The molecule has 4 nitrogen and oxygen atoms in total. The van der Waals surface area contributed by atoms with Crippen molar-refractivity contribution < 1.29 is 9.21 Å². The first kappa shape index (κ1) is 10.7.